The van der Waals surface area contributed by atoms with Crippen LogP contribution in [0.15, 0.2) is 241 Å². The zero-order valence-corrected chi connectivity index (χ0v) is 33.4. The van der Waals surface area contributed by atoms with Crippen LogP contribution in [0.1, 0.15) is 0 Å². The van der Waals surface area contributed by atoms with Crippen LogP contribution in [0, 0.1) is 0 Å². The monoisotopic (exact) mass is 769 g/mol. The standard InChI is InChI=1S/C56H39NOSi/c1-4-16-40(17-5-1)42-20-14-21-45(38-42)57(54-28-15-27-52-50(54)36-37-53-51-26-12-13-29-55(51)58-56(52)53)44-31-34-48(35-32-44)59(46-22-6-2-7-23-46,47-24-8-3-9-25-47)49-33-30-41-18-10-11-19-43(41)39-49/h1-39H. The van der Waals surface area contributed by atoms with Crippen LogP contribution < -0.4 is 25.6 Å². The fourth-order valence-electron chi connectivity index (χ4n) is 9.26. The van der Waals surface area contributed by atoms with Crippen LogP contribution in [-0.4, -0.2) is 8.07 Å². The Labute approximate surface area is 344 Å². The SMILES string of the molecule is c1ccc(-c2cccc(N(c3ccc([Si](c4ccccc4)(c4ccccc4)c4ccc5ccccc5c4)cc3)c3cccc4c3ccc3c5ccccc5oc43)c2)cc1. The molecule has 59 heavy (non-hydrogen) atoms. The first-order chi connectivity index (χ1) is 29.3. The summed E-state index contributed by atoms with van der Waals surface area (Å²) in [4.78, 5) is 2.41. The molecule has 1 aromatic heterocycles. The lowest BCUT2D eigenvalue weighted by Crippen LogP contribution is -2.74. The van der Waals surface area contributed by atoms with Crippen molar-refractivity contribution in [2.45, 2.75) is 0 Å². The van der Waals surface area contributed by atoms with Crippen LogP contribution in [0.4, 0.5) is 17.1 Å². The first kappa shape index (κ1) is 34.8. The topological polar surface area (TPSA) is 16.4 Å². The maximum absolute atomic E-state index is 6.58. The van der Waals surface area contributed by atoms with Crippen molar-refractivity contribution in [3.8, 4) is 11.1 Å². The highest BCUT2D eigenvalue weighted by Gasteiger charge is 2.41. The molecule has 3 heteroatoms. The molecule has 0 N–H and O–H groups in total. The number of benzene rings is 10. The molecule has 0 aliphatic rings. The molecule has 10 aromatic carbocycles. The zero-order chi connectivity index (χ0) is 39.2. The van der Waals surface area contributed by atoms with Gasteiger partial charge in [0.25, 0.3) is 0 Å². The Morgan fingerprint density at radius 2 is 0.881 bits per heavy atom. The minimum atomic E-state index is -2.81. The number of anilines is 3. The maximum atomic E-state index is 6.58. The molecule has 0 saturated carbocycles. The van der Waals surface area contributed by atoms with E-state index in [-0.39, 0.29) is 0 Å². The summed E-state index contributed by atoms with van der Waals surface area (Å²) in [5, 5.41) is 12.4. The van der Waals surface area contributed by atoms with E-state index in [9.17, 15) is 0 Å². The van der Waals surface area contributed by atoms with Gasteiger partial charge in [-0.15, -0.1) is 0 Å². The van der Waals surface area contributed by atoms with Gasteiger partial charge in [-0.25, -0.2) is 0 Å². The minimum absolute atomic E-state index is 0.902. The van der Waals surface area contributed by atoms with Gasteiger partial charge >= 0.3 is 0 Å². The first-order valence-corrected chi connectivity index (χ1v) is 22.3. The van der Waals surface area contributed by atoms with Crippen molar-refractivity contribution >= 4 is 89.4 Å². The normalized spacial score (nSPS) is 11.7. The lowest BCUT2D eigenvalue weighted by molar-refractivity contribution is 0.672. The molecule has 278 valence electrons. The van der Waals surface area contributed by atoms with E-state index in [0.717, 1.165) is 49.8 Å². The molecule has 0 fully saturated rings. The predicted octanol–water partition coefficient (Wildman–Crippen LogP) is 12.4. The summed E-state index contributed by atoms with van der Waals surface area (Å²) in [6.45, 7) is 0. The van der Waals surface area contributed by atoms with Gasteiger partial charge in [0.05, 0.1) is 5.69 Å². The molecule has 0 aliphatic heterocycles. The third-order valence-corrected chi connectivity index (χ3v) is 16.8. The van der Waals surface area contributed by atoms with E-state index in [1.54, 1.807) is 0 Å². The Morgan fingerprint density at radius 1 is 0.322 bits per heavy atom. The fraction of sp³-hybridized carbons (Fsp3) is 0. The molecule has 1 heterocycles. The van der Waals surface area contributed by atoms with Crippen LogP contribution in [0.2, 0.25) is 0 Å². The molecule has 0 radical (unpaired) electrons. The molecule has 0 bridgehead atoms. The highest BCUT2D eigenvalue weighted by molar-refractivity contribution is 7.20. The summed E-state index contributed by atoms with van der Waals surface area (Å²) in [5.74, 6) is 0. The van der Waals surface area contributed by atoms with Crippen molar-refractivity contribution < 1.29 is 4.42 Å². The molecule has 0 amide bonds. The zero-order valence-electron chi connectivity index (χ0n) is 32.4. The second-order valence-corrected chi connectivity index (χ2v) is 19.1. The van der Waals surface area contributed by atoms with Gasteiger partial charge in [0, 0.05) is 32.9 Å². The number of fused-ring (bicyclic) bond motifs is 6. The fourth-order valence-corrected chi connectivity index (χ4v) is 14.0. The second kappa shape index (κ2) is 14.5. The van der Waals surface area contributed by atoms with E-state index in [4.69, 9.17) is 4.42 Å². The molecule has 0 atom stereocenters. The largest absolute Gasteiger partial charge is 0.455 e. The van der Waals surface area contributed by atoms with Crippen molar-refractivity contribution in [1.29, 1.82) is 0 Å². The van der Waals surface area contributed by atoms with Gasteiger partial charge < -0.3 is 9.32 Å². The number of nitrogens with zero attached hydrogens (tertiary/aromatic N) is 1. The van der Waals surface area contributed by atoms with E-state index >= 15 is 0 Å². The minimum Gasteiger partial charge on any atom is -0.455 e. The second-order valence-electron chi connectivity index (χ2n) is 15.3. The highest BCUT2D eigenvalue weighted by atomic mass is 28.3. The summed E-state index contributed by atoms with van der Waals surface area (Å²) < 4.78 is 6.58. The average Bonchev–Trinajstić information content (AvgIpc) is 3.70. The molecule has 0 aliphatic carbocycles. The Kier molecular flexibility index (Phi) is 8.53. The number of para-hydroxylation sites is 1. The van der Waals surface area contributed by atoms with Crippen molar-refractivity contribution in [3.05, 3.63) is 237 Å². The van der Waals surface area contributed by atoms with Gasteiger partial charge in [0.15, 0.2) is 8.07 Å². The van der Waals surface area contributed by atoms with E-state index in [1.807, 2.05) is 6.07 Å². The summed E-state index contributed by atoms with van der Waals surface area (Å²) in [6.07, 6.45) is 0. The van der Waals surface area contributed by atoms with Gasteiger partial charge in [-0.05, 0) is 85.1 Å². The predicted molar refractivity (Wildman–Crippen MR) is 252 cm³/mol. The Bertz CT molecular complexity index is 3230. The van der Waals surface area contributed by atoms with Crippen molar-refractivity contribution in [2.75, 3.05) is 4.90 Å². The van der Waals surface area contributed by atoms with E-state index < -0.39 is 8.07 Å². The smallest absolute Gasteiger partial charge is 0.179 e. The number of rotatable bonds is 8. The van der Waals surface area contributed by atoms with Gasteiger partial charge in [-0.2, -0.15) is 0 Å². The van der Waals surface area contributed by atoms with Crippen LogP contribution in [0.25, 0.3) is 54.6 Å². The maximum Gasteiger partial charge on any atom is 0.179 e. The molecule has 2 nitrogen and oxygen atoms in total. The first-order valence-electron chi connectivity index (χ1n) is 20.3. The highest BCUT2D eigenvalue weighted by Crippen LogP contribution is 2.43. The third kappa shape index (κ3) is 5.86. The van der Waals surface area contributed by atoms with Crippen molar-refractivity contribution in [1.82, 2.24) is 0 Å². The third-order valence-electron chi connectivity index (χ3n) is 12.0. The van der Waals surface area contributed by atoms with Gasteiger partial charge in [0.1, 0.15) is 11.2 Å². The molecule has 0 unspecified atom stereocenters. The molecular weight excluding hydrogens is 731 g/mol. The van der Waals surface area contributed by atoms with Crippen LogP contribution in [-0.2, 0) is 0 Å². The molecular formula is C56H39NOSi. The Hall–Kier alpha value is -7.46. The molecule has 0 saturated heterocycles. The molecule has 11 rings (SSSR count). The summed E-state index contributed by atoms with van der Waals surface area (Å²) in [7, 11) is -2.81. The summed E-state index contributed by atoms with van der Waals surface area (Å²) >= 11 is 0. The van der Waals surface area contributed by atoms with Gasteiger partial charge in [0.2, 0.25) is 0 Å². The average molecular weight is 770 g/mol. The summed E-state index contributed by atoms with van der Waals surface area (Å²) in [6, 6.07) is 86.5. The Morgan fingerprint density at radius 3 is 1.64 bits per heavy atom. The van der Waals surface area contributed by atoms with Crippen LogP contribution in [0.3, 0.4) is 0 Å². The number of furan rings is 1. The van der Waals surface area contributed by atoms with Gasteiger partial charge in [-0.1, -0.05) is 194 Å². The van der Waals surface area contributed by atoms with Crippen molar-refractivity contribution in [3.63, 3.8) is 0 Å². The number of hydrogen-bond acceptors (Lipinski definition) is 2. The van der Waals surface area contributed by atoms with Crippen molar-refractivity contribution in [2.24, 2.45) is 0 Å². The Balaban J connectivity index is 1.14. The molecule has 0 spiro atoms. The van der Waals surface area contributed by atoms with E-state index in [1.165, 1.54) is 42.6 Å². The molecule has 11 aromatic rings. The van der Waals surface area contributed by atoms with E-state index in [2.05, 4.69) is 235 Å². The number of hydrogen-bond donors (Lipinski definition) is 0. The van der Waals surface area contributed by atoms with Gasteiger partial charge in [-0.3, -0.25) is 0 Å². The summed E-state index contributed by atoms with van der Waals surface area (Å²) in [5.41, 5.74) is 7.42. The van der Waals surface area contributed by atoms with E-state index in [0.29, 0.717) is 0 Å². The lowest BCUT2D eigenvalue weighted by atomic mass is 10.0. The lowest BCUT2D eigenvalue weighted by Gasteiger charge is -2.35. The quantitative estimate of drug-likeness (QED) is 0.113. The van der Waals surface area contributed by atoms with Crippen LogP contribution >= 0.6 is 0 Å². The van der Waals surface area contributed by atoms with Crippen LogP contribution in [0.5, 0.6) is 0 Å².